The molecule has 0 unspecified atom stereocenters. The van der Waals surface area contributed by atoms with Gasteiger partial charge in [0.2, 0.25) is 0 Å². The molecule has 0 aliphatic heterocycles. The van der Waals surface area contributed by atoms with Crippen LogP contribution >= 0.6 is 0 Å². The molecule has 1 aromatic rings. The van der Waals surface area contributed by atoms with Crippen molar-refractivity contribution in [1.29, 1.82) is 0 Å². The summed E-state index contributed by atoms with van der Waals surface area (Å²) in [7, 11) is 0. The molecular weight excluding hydrogens is 253 g/mol. The van der Waals surface area contributed by atoms with Crippen LogP contribution in [0.25, 0.3) is 0 Å². The summed E-state index contributed by atoms with van der Waals surface area (Å²) < 4.78 is 28.2. The van der Waals surface area contributed by atoms with E-state index in [0.717, 1.165) is 18.2 Å². The number of carbonyl (C=O) groups is 1. The maximum atomic E-state index is 10.8. The van der Waals surface area contributed by atoms with Crippen molar-refractivity contribution in [3.05, 3.63) is 23.8 Å². The summed E-state index contributed by atoms with van der Waals surface area (Å²) in [6.45, 7) is 0. The fourth-order valence-corrected chi connectivity index (χ4v) is 2.13. The molecule has 0 aromatic heterocycles. The summed E-state index contributed by atoms with van der Waals surface area (Å²) in [5.41, 5.74) is 4.98. The first-order chi connectivity index (χ1) is 6.32. The SMILES string of the molecule is Nc1cc([As](=O)(O)O)ccc1C(=O)O. The van der Waals surface area contributed by atoms with Gasteiger partial charge < -0.3 is 0 Å². The van der Waals surface area contributed by atoms with E-state index in [-0.39, 0.29) is 15.6 Å². The van der Waals surface area contributed by atoms with Crippen molar-refractivity contribution < 1.29 is 21.8 Å². The summed E-state index contributed by atoms with van der Waals surface area (Å²) in [6.07, 6.45) is 0. The monoisotopic (exact) mass is 261 g/mol. The van der Waals surface area contributed by atoms with Gasteiger partial charge >= 0.3 is 81.5 Å². The van der Waals surface area contributed by atoms with Crippen LogP contribution in [0.1, 0.15) is 10.4 Å². The molecule has 0 fully saturated rings. The first-order valence-corrected chi connectivity index (χ1v) is 6.89. The summed E-state index contributed by atoms with van der Waals surface area (Å²) >= 11 is -4.97. The number of hydrogen-bond acceptors (Lipinski definition) is 3. The van der Waals surface area contributed by atoms with Gasteiger partial charge in [0, 0.05) is 0 Å². The average Bonchev–Trinajstić information content (AvgIpc) is 2.01. The molecule has 0 heterocycles. The van der Waals surface area contributed by atoms with Crippen LogP contribution in [0.3, 0.4) is 0 Å². The maximum absolute atomic E-state index is 10.8. The Morgan fingerprint density at radius 2 is 1.93 bits per heavy atom. The van der Waals surface area contributed by atoms with Gasteiger partial charge in [0.25, 0.3) is 0 Å². The van der Waals surface area contributed by atoms with Gasteiger partial charge in [0.05, 0.1) is 0 Å². The van der Waals surface area contributed by atoms with Crippen LogP contribution in [-0.2, 0) is 3.74 Å². The van der Waals surface area contributed by atoms with E-state index in [1.54, 1.807) is 0 Å². The number of carboxylic acids is 1. The van der Waals surface area contributed by atoms with Crippen molar-refractivity contribution in [2.75, 3.05) is 5.73 Å². The molecule has 1 aromatic carbocycles. The Hall–Kier alpha value is -1.23. The second-order valence-electron chi connectivity index (χ2n) is 2.62. The van der Waals surface area contributed by atoms with Crippen LogP contribution in [0.15, 0.2) is 18.2 Å². The third kappa shape index (κ3) is 2.17. The van der Waals surface area contributed by atoms with Gasteiger partial charge in [-0.3, -0.25) is 0 Å². The molecule has 0 spiro atoms. The molecule has 1 rings (SSSR count). The van der Waals surface area contributed by atoms with Gasteiger partial charge in [0.15, 0.2) is 0 Å². The Bertz CT molecular complexity index is 424. The normalized spacial score (nSPS) is 11.3. The third-order valence-electron chi connectivity index (χ3n) is 1.60. The minimum absolute atomic E-state index is 0.153. The molecule has 7 heteroatoms. The number of aromatic carboxylic acids is 1. The fourth-order valence-electron chi connectivity index (χ4n) is 0.926. The van der Waals surface area contributed by atoms with Crippen LogP contribution in [0.2, 0.25) is 0 Å². The molecule has 14 heavy (non-hydrogen) atoms. The number of benzene rings is 1. The van der Waals surface area contributed by atoms with Gasteiger partial charge in [-0.05, 0) is 0 Å². The molecule has 0 atom stereocenters. The van der Waals surface area contributed by atoms with Crippen molar-refractivity contribution in [1.82, 2.24) is 0 Å². The van der Waals surface area contributed by atoms with E-state index in [4.69, 9.17) is 19.0 Å². The molecule has 0 bridgehead atoms. The quantitative estimate of drug-likeness (QED) is 0.381. The van der Waals surface area contributed by atoms with Gasteiger partial charge in [-0.25, -0.2) is 0 Å². The molecule has 0 radical (unpaired) electrons. The topological polar surface area (TPSA) is 121 Å². The predicted molar refractivity (Wildman–Crippen MR) is 48.3 cm³/mol. The first kappa shape index (κ1) is 10.8. The van der Waals surface area contributed by atoms with E-state index < -0.39 is 20.1 Å². The zero-order chi connectivity index (χ0) is 10.9. The van der Waals surface area contributed by atoms with Crippen molar-refractivity contribution in [2.24, 2.45) is 0 Å². The van der Waals surface area contributed by atoms with Crippen molar-refractivity contribution in [2.45, 2.75) is 0 Å². The number of nitrogen functional groups attached to an aromatic ring is 1. The Labute approximate surface area is 82.0 Å². The van der Waals surface area contributed by atoms with E-state index in [1.165, 1.54) is 0 Å². The second kappa shape index (κ2) is 3.49. The summed E-state index contributed by atoms with van der Waals surface area (Å²) in [5, 5.41) is 8.59. The number of hydrogen-bond donors (Lipinski definition) is 4. The zero-order valence-corrected chi connectivity index (χ0v) is 8.79. The van der Waals surface area contributed by atoms with Gasteiger partial charge in [-0.15, -0.1) is 0 Å². The van der Waals surface area contributed by atoms with Gasteiger partial charge in [0.1, 0.15) is 0 Å². The number of nitrogens with two attached hydrogens (primary N) is 1. The van der Waals surface area contributed by atoms with Gasteiger partial charge in [-0.1, -0.05) is 0 Å². The summed E-state index contributed by atoms with van der Waals surface area (Å²) in [4.78, 5) is 10.5. The van der Waals surface area contributed by atoms with Crippen LogP contribution in [0.5, 0.6) is 0 Å². The number of anilines is 1. The van der Waals surface area contributed by atoms with Crippen molar-refractivity contribution in [3.8, 4) is 0 Å². The van der Waals surface area contributed by atoms with Crippen molar-refractivity contribution >= 4 is 30.2 Å². The number of carboxylic acid groups (broad SMARTS) is 1. The first-order valence-electron chi connectivity index (χ1n) is 3.51. The van der Waals surface area contributed by atoms with E-state index in [9.17, 15) is 8.53 Å². The second-order valence-corrected chi connectivity index (χ2v) is 5.99. The van der Waals surface area contributed by atoms with Crippen LogP contribution in [-0.4, -0.2) is 33.4 Å². The number of rotatable bonds is 2. The summed E-state index contributed by atoms with van der Waals surface area (Å²) in [5.74, 6) is -1.23. The predicted octanol–water partition coefficient (Wildman–Crippen LogP) is -1.47. The van der Waals surface area contributed by atoms with E-state index in [2.05, 4.69) is 0 Å². The molecule has 0 aliphatic rings. The van der Waals surface area contributed by atoms with Crippen molar-refractivity contribution in [3.63, 3.8) is 0 Å². The molecule has 5 N–H and O–H groups in total. The van der Waals surface area contributed by atoms with Crippen LogP contribution < -0.4 is 10.1 Å². The molecular formula is C7H8AsNO5. The Morgan fingerprint density at radius 3 is 2.29 bits per heavy atom. The zero-order valence-electron chi connectivity index (χ0n) is 6.91. The van der Waals surface area contributed by atoms with Gasteiger partial charge in [-0.2, -0.15) is 0 Å². The van der Waals surface area contributed by atoms with Crippen LogP contribution in [0, 0.1) is 0 Å². The third-order valence-corrected chi connectivity index (χ3v) is 3.60. The Morgan fingerprint density at radius 1 is 1.36 bits per heavy atom. The standard InChI is InChI=1S/C7H8AsNO5/c9-6-3-4(8(12,13)14)1-2-5(6)7(10)11/h1-3H,9H2,(H,10,11)(H2,12,13,14). The molecule has 0 saturated carbocycles. The fraction of sp³-hybridized carbons (Fsp3) is 0. The molecule has 0 amide bonds. The molecule has 6 nitrogen and oxygen atoms in total. The van der Waals surface area contributed by atoms with E-state index in [1.807, 2.05) is 0 Å². The average molecular weight is 261 g/mol. The molecule has 0 saturated heterocycles. The summed E-state index contributed by atoms with van der Waals surface area (Å²) in [6, 6.07) is 3.14. The molecule has 76 valence electrons. The van der Waals surface area contributed by atoms with Crippen LogP contribution in [0.4, 0.5) is 5.69 Å². The van der Waals surface area contributed by atoms with E-state index >= 15 is 0 Å². The Kier molecular flexibility index (Phi) is 2.71. The Balaban J connectivity index is 3.27. The molecule has 0 aliphatic carbocycles. The minimum atomic E-state index is -4.97. The van der Waals surface area contributed by atoms with E-state index in [0.29, 0.717) is 0 Å².